The summed E-state index contributed by atoms with van der Waals surface area (Å²) in [5.74, 6) is -0.485. The summed E-state index contributed by atoms with van der Waals surface area (Å²) in [6.07, 6.45) is -2.42. The molecular formula is C22H27FN3O9P. The maximum atomic E-state index is 15.4. The molecule has 14 heteroatoms. The molecule has 2 heterocycles. The summed E-state index contributed by atoms with van der Waals surface area (Å²) in [5, 5.41) is 13.1. The van der Waals surface area contributed by atoms with Crippen LogP contribution < -0.4 is 20.9 Å². The van der Waals surface area contributed by atoms with Crippen molar-refractivity contribution < 1.29 is 37.4 Å². The fourth-order valence-electron chi connectivity index (χ4n) is 3.59. The average molecular weight is 527 g/mol. The van der Waals surface area contributed by atoms with Gasteiger partial charge in [0.1, 0.15) is 30.1 Å². The van der Waals surface area contributed by atoms with Crippen molar-refractivity contribution in [1.82, 2.24) is 14.6 Å². The van der Waals surface area contributed by atoms with Crippen molar-refractivity contribution in [3.05, 3.63) is 63.4 Å². The van der Waals surface area contributed by atoms with Crippen LogP contribution in [-0.2, 0) is 23.4 Å². The van der Waals surface area contributed by atoms with E-state index < -0.39 is 61.7 Å². The number of hydrogen-bond donors (Lipinski definition) is 3. The number of nitrogens with zero attached hydrogens (tertiary/aromatic N) is 1. The fraction of sp³-hybridized carbons (Fsp3) is 0.500. The maximum absolute atomic E-state index is 15.4. The second kappa shape index (κ2) is 10.3. The molecule has 0 spiro atoms. The molecule has 1 aliphatic carbocycles. The van der Waals surface area contributed by atoms with E-state index in [1.165, 1.54) is 19.1 Å². The number of halogens is 1. The van der Waals surface area contributed by atoms with Gasteiger partial charge in [0.15, 0.2) is 11.9 Å². The average Bonchev–Trinajstić information content (AvgIpc) is 3.60. The molecule has 36 heavy (non-hydrogen) atoms. The van der Waals surface area contributed by atoms with E-state index in [-0.39, 0.29) is 11.9 Å². The lowest BCUT2D eigenvalue weighted by Gasteiger charge is -2.25. The second-order valence-electron chi connectivity index (χ2n) is 8.82. The van der Waals surface area contributed by atoms with Crippen LogP contribution in [0.1, 0.15) is 32.9 Å². The molecule has 2 aromatic rings. The molecule has 1 aromatic carbocycles. The highest BCUT2D eigenvalue weighted by atomic mass is 31.2. The number of para-hydroxylation sites is 1. The van der Waals surface area contributed by atoms with Gasteiger partial charge in [0.05, 0.1) is 6.61 Å². The van der Waals surface area contributed by atoms with Gasteiger partial charge in [-0.15, -0.1) is 0 Å². The van der Waals surface area contributed by atoms with E-state index in [9.17, 15) is 24.1 Å². The molecule has 196 valence electrons. The zero-order valence-corrected chi connectivity index (χ0v) is 20.4. The maximum Gasteiger partial charge on any atom is 0.459 e. The van der Waals surface area contributed by atoms with Gasteiger partial charge in [-0.3, -0.25) is 23.7 Å². The van der Waals surface area contributed by atoms with Crippen molar-refractivity contribution in [2.75, 3.05) is 6.61 Å². The third kappa shape index (κ3) is 5.93. The smallest absolute Gasteiger partial charge is 0.459 e. The number of hydrogen-bond acceptors (Lipinski definition) is 9. The van der Waals surface area contributed by atoms with E-state index >= 15 is 4.39 Å². The first kappa shape index (κ1) is 26.2. The van der Waals surface area contributed by atoms with Gasteiger partial charge in [-0.1, -0.05) is 18.2 Å². The van der Waals surface area contributed by atoms with Gasteiger partial charge in [-0.25, -0.2) is 13.8 Å². The Morgan fingerprint density at radius 2 is 2.03 bits per heavy atom. The minimum atomic E-state index is -4.28. The first-order valence-corrected chi connectivity index (χ1v) is 12.8. The number of aromatic nitrogens is 2. The van der Waals surface area contributed by atoms with Crippen LogP contribution >= 0.6 is 7.75 Å². The number of esters is 1. The Hall–Kier alpha value is -2.83. The number of carbonyl (C=O) groups is 1. The van der Waals surface area contributed by atoms with Gasteiger partial charge < -0.3 is 19.1 Å². The molecule has 0 bridgehead atoms. The number of aliphatic hydroxyl groups excluding tert-OH is 1. The summed E-state index contributed by atoms with van der Waals surface area (Å²) >= 11 is 0. The van der Waals surface area contributed by atoms with Gasteiger partial charge >= 0.3 is 19.4 Å². The zero-order valence-electron chi connectivity index (χ0n) is 19.5. The summed E-state index contributed by atoms with van der Waals surface area (Å²) in [7, 11) is -4.28. The summed E-state index contributed by atoms with van der Waals surface area (Å²) in [4.78, 5) is 37.8. The van der Waals surface area contributed by atoms with Gasteiger partial charge in [0, 0.05) is 12.3 Å². The number of aromatic amines is 1. The lowest BCUT2D eigenvalue weighted by Crippen LogP contribution is -2.43. The summed E-state index contributed by atoms with van der Waals surface area (Å²) in [5.41, 5.74) is -4.10. The Bertz CT molecular complexity index is 1250. The molecule has 4 rings (SSSR count). The van der Waals surface area contributed by atoms with Gasteiger partial charge in [0.2, 0.25) is 0 Å². The lowest BCUT2D eigenvalue weighted by atomic mass is 9.98. The Kier molecular flexibility index (Phi) is 7.48. The normalized spacial score (nSPS) is 28.3. The number of rotatable bonds is 10. The van der Waals surface area contributed by atoms with Crippen LogP contribution in [-0.4, -0.2) is 57.3 Å². The van der Waals surface area contributed by atoms with Crippen LogP contribution in [0.15, 0.2) is 52.2 Å². The number of alkyl halides is 1. The lowest BCUT2D eigenvalue weighted by molar-refractivity contribution is -0.146. The molecular weight excluding hydrogens is 500 g/mol. The molecule has 1 saturated heterocycles. The molecule has 2 aliphatic rings. The zero-order chi connectivity index (χ0) is 26.1. The SMILES string of the molecule is CC(NP(=O)(OC[C@H]1O[C@@H](n2ccc(=O)[nH]c2=O)[C@](C)(F)[C@@H]1O)Oc1ccccc1)C(=O)OC1CC1. The number of nitrogens with one attached hydrogen (secondary N) is 2. The third-order valence-electron chi connectivity index (χ3n) is 5.71. The molecule has 0 radical (unpaired) electrons. The van der Waals surface area contributed by atoms with Gasteiger partial charge in [-0.2, -0.15) is 5.09 Å². The highest BCUT2D eigenvalue weighted by Crippen LogP contribution is 2.47. The highest BCUT2D eigenvalue weighted by molar-refractivity contribution is 7.52. The predicted octanol–water partition coefficient (Wildman–Crippen LogP) is 1.41. The first-order valence-electron chi connectivity index (χ1n) is 11.3. The van der Waals surface area contributed by atoms with Gasteiger partial charge in [0.25, 0.3) is 5.56 Å². The minimum absolute atomic E-state index is 0.164. The van der Waals surface area contributed by atoms with E-state index in [1.807, 2.05) is 4.98 Å². The number of aliphatic hydroxyl groups is 1. The van der Waals surface area contributed by atoms with Crippen LogP contribution in [0.25, 0.3) is 0 Å². The number of benzene rings is 1. The van der Waals surface area contributed by atoms with E-state index in [4.69, 9.17) is 18.5 Å². The molecule has 0 amide bonds. The summed E-state index contributed by atoms with van der Waals surface area (Å²) in [6.45, 7) is 1.82. The van der Waals surface area contributed by atoms with Crippen molar-refractivity contribution in [3.63, 3.8) is 0 Å². The van der Waals surface area contributed by atoms with Crippen LogP contribution in [0.2, 0.25) is 0 Å². The van der Waals surface area contributed by atoms with E-state index in [0.717, 1.165) is 36.6 Å². The van der Waals surface area contributed by atoms with E-state index in [1.54, 1.807) is 18.2 Å². The number of ether oxygens (including phenoxy) is 2. The van der Waals surface area contributed by atoms with Crippen LogP contribution in [0.3, 0.4) is 0 Å². The molecule has 1 saturated carbocycles. The van der Waals surface area contributed by atoms with Crippen molar-refractivity contribution in [3.8, 4) is 5.75 Å². The standard InChI is InChI=1S/C22H27FN3O9P/c1-13(19(29)33-14-8-9-14)25-36(31,35-15-6-4-3-5-7-15)32-12-16-18(28)22(2,23)20(34-16)26-11-10-17(27)24-21(26)30/h3-7,10-11,13-14,16,18,20,28H,8-9,12H2,1-2H3,(H,25,31)(H,24,27,30)/t13?,16-,18-,20-,22-,36?/m1/s1. The Morgan fingerprint density at radius 3 is 2.67 bits per heavy atom. The van der Waals surface area contributed by atoms with Crippen molar-refractivity contribution >= 4 is 13.7 Å². The van der Waals surface area contributed by atoms with E-state index in [0.29, 0.717) is 0 Å². The van der Waals surface area contributed by atoms with Gasteiger partial charge in [-0.05, 0) is 38.8 Å². The number of carbonyl (C=O) groups excluding carboxylic acids is 1. The third-order valence-corrected chi connectivity index (χ3v) is 7.35. The second-order valence-corrected chi connectivity index (χ2v) is 10.5. The summed E-state index contributed by atoms with van der Waals surface area (Å²) < 4.78 is 51.6. The molecule has 2 fully saturated rings. The highest BCUT2D eigenvalue weighted by Gasteiger charge is 2.56. The molecule has 12 nitrogen and oxygen atoms in total. The fourth-order valence-corrected chi connectivity index (χ4v) is 5.09. The summed E-state index contributed by atoms with van der Waals surface area (Å²) in [6, 6.07) is 7.95. The van der Waals surface area contributed by atoms with E-state index in [2.05, 4.69) is 5.09 Å². The predicted molar refractivity (Wildman–Crippen MR) is 123 cm³/mol. The molecule has 6 atom stereocenters. The Labute approximate surface area is 204 Å². The Morgan fingerprint density at radius 1 is 1.33 bits per heavy atom. The quantitative estimate of drug-likeness (QED) is 0.305. The Balaban J connectivity index is 1.50. The van der Waals surface area contributed by atoms with Crippen LogP contribution in [0.4, 0.5) is 4.39 Å². The van der Waals surface area contributed by atoms with Crippen LogP contribution in [0.5, 0.6) is 5.75 Å². The molecule has 1 aliphatic heterocycles. The largest absolute Gasteiger partial charge is 0.461 e. The topological polar surface area (TPSA) is 158 Å². The molecule has 2 unspecified atom stereocenters. The van der Waals surface area contributed by atoms with Crippen LogP contribution in [0, 0.1) is 0 Å². The monoisotopic (exact) mass is 527 g/mol. The number of H-pyrrole nitrogens is 1. The van der Waals surface area contributed by atoms with Crippen molar-refractivity contribution in [2.45, 2.75) is 62.9 Å². The minimum Gasteiger partial charge on any atom is -0.461 e. The molecule has 3 N–H and O–H groups in total. The first-order chi connectivity index (χ1) is 17.0. The molecule has 1 aromatic heterocycles. The van der Waals surface area contributed by atoms with Crippen molar-refractivity contribution in [2.24, 2.45) is 0 Å². The van der Waals surface area contributed by atoms with Crippen molar-refractivity contribution in [1.29, 1.82) is 0 Å².